The zero-order valence-electron chi connectivity index (χ0n) is 10.2. The molecule has 1 atom stereocenters. The summed E-state index contributed by atoms with van der Waals surface area (Å²) in [6, 6.07) is 5.27. The fourth-order valence-electron chi connectivity index (χ4n) is 1.61. The zero-order chi connectivity index (χ0) is 13.5. The molecule has 0 heterocycles. The maximum Gasteiger partial charge on any atom is 0.252 e. The first-order valence-corrected chi connectivity index (χ1v) is 8.17. The maximum absolute atomic E-state index is 12.0. The Balaban J connectivity index is 2.59. The van der Waals surface area contributed by atoms with Crippen LogP contribution in [0.5, 0.6) is 0 Å². The lowest BCUT2D eigenvalue weighted by Crippen LogP contribution is -2.29. The molecule has 0 aliphatic rings. The topological polar surface area (TPSA) is 29.1 Å². The average molecular weight is 398 g/mol. The smallest absolute Gasteiger partial charge is 0.252 e. The van der Waals surface area contributed by atoms with E-state index in [2.05, 4.69) is 44.1 Å². The number of hydrogen-bond donors (Lipinski definition) is 1. The van der Waals surface area contributed by atoms with Crippen molar-refractivity contribution in [2.75, 3.05) is 11.9 Å². The summed E-state index contributed by atoms with van der Waals surface area (Å²) in [5.41, 5.74) is 0.522. The predicted molar refractivity (Wildman–Crippen MR) is 83.7 cm³/mol. The van der Waals surface area contributed by atoms with Gasteiger partial charge < -0.3 is 5.32 Å². The van der Waals surface area contributed by atoms with Crippen LogP contribution in [0, 0.1) is 5.92 Å². The molecular formula is C13H16Br2ClNO. The van der Waals surface area contributed by atoms with Crippen LogP contribution in [-0.2, 0) is 0 Å². The minimum Gasteiger partial charge on any atom is -0.352 e. The van der Waals surface area contributed by atoms with Crippen LogP contribution in [0.25, 0.3) is 0 Å². The van der Waals surface area contributed by atoms with Crippen molar-refractivity contribution < 1.29 is 4.79 Å². The van der Waals surface area contributed by atoms with Crippen molar-refractivity contribution in [1.29, 1.82) is 0 Å². The summed E-state index contributed by atoms with van der Waals surface area (Å²) in [6.07, 6.45) is 2.12. The van der Waals surface area contributed by atoms with Gasteiger partial charge in [-0.3, -0.25) is 4.79 Å². The van der Waals surface area contributed by atoms with Gasteiger partial charge in [-0.2, -0.15) is 0 Å². The summed E-state index contributed by atoms with van der Waals surface area (Å²) in [5, 5.41) is 4.36. The van der Waals surface area contributed by atoms with Gasteiger partial charge in [0.25, 0.3) is 5.91 Å². The lowest BCUT2D eigenvalue weighted by atomic mass is 10.0. The Morgan fingerprint density at radius 3 is 2.78 bits per heavy atom. The number of alkyl halides is 1. The fourth-order valence-corrected chi connectivity index (χ4v) is 3.02. The molecule has 100 valence electrons. The molecule has 0 saturated carbocycles. The van der Waals surface area contributed by atoms with Crippen molar-refractivity contribution in [3.05, 3.63) is 33.3 Å². The zero-order valence-corrected chi connectivity index (χ0v) is 14.1. The summed E-state index contributed by atoms with van der Waals surface area (Å²) in [7, 11) is 0. The molecule has 1 unspecified atom stereocenters. The molecule has 0 saturated heterocycles. The number of nitrogens with one attached hydrogen (secondary N) is 1. The number of amides is 1. The number of carbonyl (C=O) groups is 1. The van der Waals surface area contributed by atoms with E-state index >= 15 is 0 Å². The van der Waals surface area contributed by atoms with Crippen molar-refractivity contribution >= 4 is 49.4 Å². The quantitative estimate of drug-likeness (QED) is 0.696. The third-order valence-corrected chi connectivity index (χ3v) is 4.09. The minimum atomic E-state index is -0.111. The maximum atomic E-state index is 12.0. The van der Waals surface area contributed by atoms with Gasteiger partial charge in [0.15, 0.2) is 0 Å². The first-order chi connectivity index (χ1) is 8.58. The van der Waals surface area contributed by atoms with E-state index in [1.165, 1.54) is 0 Å². The standard InChI is InChI=1S/C13H16Br2ClNO/c1-2-9(5-6-14)8-17-13(18)11-4-3-10(15)7-12(11)16/h3-4,7,9H,2,5-6,8H2,1H3,(H,17,18). The molecule has 1 amide bonds. The second kappa shape index (κ2) is 8.18. The summed E-state index contributed by atoms with van der Waals surface area (Å²) in [4.78, 5) is 12.0. The highest BCUT2D eigenvalue weighted by molar-refractivity contribution is 9.10. The van der Waals surface area contributed by atoms with Gasteiger partial charge in [-0.25, -0.2) is 0 Å². The van der Waals surface area contributed by atoms with Crippen LogP contribution >= 0.6 is 43.5 Å². The molecular weight excluding hydrogens is 381 g/mol. The van der Waals surface area contributed by atoms with Crippen molar-refractivity contribution in [2.45, 2.75) is 19.8 Å². The van der Waals surface area contributed by atoms with Gasteiger partial charge in [-0.1, -0.05) is 56.8 Å². The van der Waals surface area contributed by atoms with Gasteiger partial charge in [0.1, 0.15) is 0 Å². The number of benzene rings is 1. The van der Waals surface area contributed by atoms with E-state index < -0.39 is 0 Å². The van der Waals surface area contributed by atoms with Crippen molar-refractivity contribution in [1.82, 2.24) is 5.32 Å². The Kier molecular flexibility index (Phi) is 7.27. The number of hydrogen-bond acceptors (Lipinski definition) is 1. The Morgan fingerprint density at radius 2 is 2.22 bits per heavy atom. The van der Waals surface area contributed by atoms with Crippen LogP contribution in [0.15, 0.2) is 22.7 Å². The molecule has 0 aromatic heterocycles. The highest BCUT2D eigenvalue weighted by atomic mass is 79.9. The molecule has 0 fully saturated rings. The molecule has 2 nitrogen and oxygen atoms in total. The largest absolute Gasteiger partial charge is 0.352 e. The molecule has 1 aromatic carbocycles. The van der Waals surface area contributed by atoms with Crippen LogP contribution in [-0.4, -0.2) is 17.8 Å². The van der Waals surface area contributed by atoms with E-state index in [9.17, 15) is 4.79 Å². The molecule has 1 aromatic rings. The van der Waals surface area contributed by atoms with E-state index in [0.717, 1.165) is 22.6 Å². The van der Waals surface area contributed by atoms with E-state index in [4.69, 9.17) is 11.6 Å². The van der Waals surface area contributed by atoms with Gasteiger partial charge >= 0.3 is 0 Å². The van der Waals surface area contributed by atoms with Crippen LogP contribution in [0.1, 0.15) is 30.1 Å². The molecule has 0 aliphatic heterocycles. The van der Waals surface area contributed by atoms with Crippen molar-refractivity contribution in [3.63, 3.8) is 0 Å². The van der Waals surface area contributed by atoms with Crippen molar-refractivity contribution in [3.8, 4) is 0 Å². The first kappa shape index (κ1) is 16.0. The van der Waals surface area contributed by atoms with Gasteiger partial charge in [-0.15, -0.1) is 0 Å². The third kappa shape index (κ3) is 4.90. The van der Waals surface area contributed by atoms with E-state index in [-0.39, 0.29) is 5.91 Å². The first-order valence-electron chi connectivity index (χ1n) is 5.87. The summed E-state index contributed by atoms with van der Waals surface area (Å²) in [6.45, 7) is 2.82. The Morgan fingerprint density at radius 1 is 1.50 bits per heavy atom. The molecule has 0 aliphatic carbocycles. The highest BCUT2D eigenvalue weighted by Gasteiger charge is 2.12. The highest BCUT2D eigenvalue weighted by Crippen LogP contribution is 2.21. The van der Waals surface area contributed by atoms with Crippen LogP contribution in [0.4, 0.5) is 0 Å². The van der Waals surface area contributed by atoms with Gasteiger partial charge in [0.05, 0.1) is 10.6 Å². The summed E-state index contributed by atoms with van der Waals surface area (Å²) < 4.78 is 0.870. The lowest BCUT2D eigenvalue weighted by Gasteiger charge is -2.14. The average Bonchev–Trinajstić information content (AvgIpc) is 2.34. The normalized spacial score (nSPS) is 12.2. The van der Waals surface area contributed by atoms with Gasteiger partial charge in [0.2, 0.25) is 0 Å². The van der Waals surface area contributed by atoms with Gasteiger partial charge in [-0.05, 0) is 30.5 Å². The summed E-state index contributed by atoms with van der Waals surface area (Å²) >= 11 is 12.8. The minimum absolute atomic E-state index is 0.111. The van der Waals surface area contributed by atoms with E-state index in [0.29, 0.717) is 23.0 Å². The molecule has 1 N–H and O–H groups in total. The van der Waals surface area contributed by atoms with Gasteiger partial charge in [0, 0.05) is 16.3 Å². The molecule has 1 rings (SSSR count). The summed E-state index contributed by atoms with van der Waals surface area (Å²) in [5.74, 6) is 0.392. The Hall–Kier alpha value is -0.0600. The number of rotatable bonds is 6. The Bertz CT molecular complexity index is 412. The second-order valence-electron chi connectivity index (χ2n) is 4.09. The molecule has 5 heteroatoms. The van der Waals surface area contributed by atoms with Crippen LogP contribution in [0.3, 0.4) is 0 Å². The molecule has 0 bridgehead atoms. The molecule has 18 heavy (non-hydrogen) atoms. The second-order valence-corrected chi connectivity index (χ2v) is 6.20. The number of carbonyl (C=O) groups excluding carboxylic acids is 1. The van der Waals surface area contributed by atoms with Crippen LogP contribution in [0.2, 0.25) is 5.02 Å². The molecule has 0 spiro atoms. The lowest BCUT2D eigenvalue weighted by molar-refractivity contribution is 0.0946. The van der Waals surface area contributed by atoms with E-state index in [1.807, 2.05) is 6.07 Å². The number of halogens is 3. The monoisotopic (exact) mass is 395 g/mol. The third-order valence-electron chi connectivity index (χ3n) is 2.82. The van der Waals surface area contributed by atoms with Crippen LogP contribution < -0.4 is 5.32 Å². The fraction of sp³-hybridized carbons (Fsp3) is 0.462. The SMILES string of the molecule is CCC(CCBr)CNC(=O)c1ccc(Br)cc1Cl. The Labute approximate surface area is 130 Å². The van der Waals surface area contributed by atoms with Crippen molar-refractivity contribution in [2.24, 2.45) is 5.92 Å². The molecule has 0 radical (unpaired) electrons. The predicted octanol–water partition coefficient (Wildman–Crippen LogP) is 4.64. The van der Waals surface area contributed by atoms with E-state index in [1.54, 1.807) is 12.1 Å².